The summed E-state index contributed by atoms with van der Waals surface area (Å²) in [6.45, 7) is 1.76. The number of anilines is 2. The van der Waals surface area contributed by atoms with E-state index in [0.29, 0.717) is 17.4 Å². The maximum atomic E-state index is 11.9. The van der Waals surface area contributed by atoms with Gasteiger partial charge in [0, 0.05) is 32.9 Å². The summed E-state index contributed by atoms with van der Waals surface area (Å²) in [7, 11) is 3.39. The highest BCUT2D eigenvalue weighted by atomic mass is 16.5. The first kappa shape index (κ1) is 13.7. The maximum Gasteiger partial charge on any atom is 0.253 e. The van der Waals surface area contributed by atoms with Crippen molar-refractivity contribution in [3.05, 3.63) is 23.8 Å². The van der Waals surface area contributed by atoms with Crippen molar-refractivity contribution in [2.75, 3.05) is 37.9 Å². The molecule has 19 heavy (non-hydrogen) atoms. The van der Waals surface area contributed by atoms with E-state index in [4.69, 9.17) is 10.5 Å². The van der Waals surface area contributed by atoms with Gasteiger partial charge in [-0.3, -0.25) is 4.79 Å². The van der Waals surface area contributed by atoms with Crippen molar-refractivity contribution in [1.29, 1.82) is 0 Å². The number of ether oxygens (including phenoxy) is 1. The molecule has 1 aromatic carbocycles. The third-order valence-corrected chi connectivity index (χ3v) is 3.61. The fourth-order valence-electron chi connectivity index (χ4n) is 2.47. The quantitative estimate of drug-likeness (QED) is 0.805. The number of rotatable bonds is 3. The molecule has 1 heterocycles. The number of nitrogens with one attached hydrogen (secondary N) is 1. The van der Waals surface area contributed by atoms with E-state index in [2.05, 4.69) is 10.2 Å². The SMILES string of the molecule is CNC(=O)c1ccc(N)cc1N1CCC(OC)CC1. The lowest BCUT2D eigenvalue weighted by atomic mass is 10.0. The van der Waals surface area contributed by atoms with Crippen molar-refractivity contribution >= 4 is 17.3 Å². The van der Waals surface area contributed by atoms with Gasteiger partial charge >= 0.3 is 0 Å². The minimum absolute atomic E-state index is 0.0798. The highest BCUT2D eigenvalue weighted by Gasteiger charge is 2.22. The number of nitrogens with zero attached hydrogens (tertiary/aromatic N) is 1. The van der Waals surface area contributed by atoms with E-state index in [1.54, 1.807) is 26.3 Å². The second kappa shape index (κ2) is 5.93. The fraction of sp³-hybridized carbons (Fsp3) is 0.500. The molecule has 1 amide bonds. The molecule has 3 N–H and O–H groups in total. The van der Waals surface area contributed by atoms with Gasteiger partial charge in [0.25, 0.3) is 5.91 Å². The second-order valence-corrected chi connectivity index (χ2v) is 4.78. The molecule has 0 spiro atoms. The number of piperidine rings is 1. The molecule has 5 heteroatoms. The highest BCUT2D eigenvalue weighted by Crippen LogP contribution is 2.27. The summed E-state index contributed by atoms with van der Waals surface area (Å²) >= 11 is 0. The van der Waals surface area contributed by atoms with Crippen LogP contribution in [0.2, 0.25) is 0 Å². The number of nitrogen functional groups attached to an aromatic ring is 1. The molecule has 0 unspecified atom stereocenters. The molecule has 1 saturated heterocycles. The lowest BCUT2D eigenvalue weighted by Gasteiger charge is -2.34. The Balaban J connectivity index is 2.23. The molecule has 0 radical (unpaired) electrons. The predicted molar refractivity (Wildman–Crippen MR) is 76.5 cm³/mol. The van der Waals surface area contributed by atoms with Gasteiger partial charge in [0.15, 0.2) is 0 Å². The minimum atomic E-state index is -0.0798. The zero-order chi connectivity index (χ0) is 13.8. The summed E-state index contributed by atoms with van der Waals surface area (Å²) in [4.78, 5) is 14.1. The Morgan fingerprint density at radius 1 is 1.42 bits per heavy atom. The van der Waals surface area contributed by atoms with Crippen LogP contribution in [0.25, 0.3) is 0 Å². The van der Waals surface area contributed by atoms with Crippen molar-refractivity contribution in [3.63, 3.8) is 0 Å². The van der Waals surface area contributed by atoms with Crippen molar-refractivity contribution in [3.8, 4) is 0 Å². The smallest absolute Gasteiger partial charge is 0.253 e. The predicted octanol–water partition coefficient (Wildman–Crippen LogP) is 1.24. The van der Waals surface area contributed by atoms with Crippen LogP contribution in [0.1, 0.15) is 23.2 Å². The van der Waals surface area contributed by atoms with Gasteiger partial charge in [0.2, 0.25) is 0 Å². The van der Waals surface area contributed by atoms with Crippen LogP contribution in [0.5, 0.6) is 0 Å². The molecule has 0 aromatic heterocycles. The molecule has 0 bridgehead atoms. The Labute approximate surface area is 113 Å². The summed E-state index contributed by atoms with van der Waals surface area (Å²) in [5.74, 6) is -0.0798. The lowest BCUT2D eigenvalue weighted by Crippen LogP contribution is -2.38. The average Bonchev–Trinajstić information content (AvgIpc) is 2.46. The van der Waals surface area contributed by atoms with Gasteiger partial charge in [-0.2, -0.15) is 0 Å². The Kier molecular flexibility index (Phi) is 4.27. The highest BCUT2D eigenvalue weighted by molar-refractivity contribution is 6.00. The van der Waals surface area contributed by atoms with E-state index >= 15 is 0 Å². The molecule has 0 aliphatic carbocycles. The first-order valence-electron chi connectivity index (χ1n) is 6.55. The van der Waals surface area contributed by atoms with Gasteiger partial charge in [-0.15, -0.1) is 0 Å². The van der Waals surface area contributed by atoms with Gasteiger partial charge in [-0.05, 0) is 31.0 Å². The van der Waals surface area contributed by atoms with Gasteiger partial charge in [-0.25, -0.2) is 0 Å². The number of nitrogens with two attached hydrogens (primary N) is 1. The van der Waals surface area contributed by atoms with Crippen LogP contribution in [0, 0.1) is 0 Å². The average molecular weight is 263 g/mol. The third-order valence-electron chi connectivity index (χ3n) is 3.61. The summed E-state index contributed by atoms with van der Waals surface area (Å²) < 4.78 is 5.37. The molecule has 0 atom stereocenters. The molecule has 1 fully saturated rings. The molecule has 1 aliphatic rings. The van der Waals surface area contributed by atoms with E-state index < -0.39 is 0 Å². The summed E-state index contributed by atoms with van der Waals surface area (Å²) in [5, 5.41) is 2.67. The van der Waals surface area contributed by atoms with Crippen LogP contribution in [-0.4, -0.2) is 39.3 Å². The number of amides is 1. The largest absolute Gasteiger partial charge is 0.399 e. The Hall–Kier alpha value is -1.75. The number of methoxy groups -OCH3 is 1. The normalized spacial score (nSPS) is 16.4. The number of hydrogen-bond donors (Lipinski definition) is 2. The molecule has 1 aromatic rings. The second-order valence-electron chi connectivity index (χ2n) is 4.78. The molecular formula is C14H21N3O2. The number of carbonyl (C=O) groups excluding carboxylic acids is 1. The van der Waals surface area contributed by atoms with Gasteiger partial charge in [-0.1, -0.05) is 0 Å². The maximum absolute atomic E-state index is 11.9. The van der Waals surface area contributed by atoms with Crippen LogP contribution in [0.3, 0.4) is 0 Å². The van der Waals surface area contributed by atoms with Crippen LogP contribution in [0.4, 0.5) is 11.4 Å². The zero-order valence-electron chi connectivity index (χ0n) is 11.5. The van der Waals surface area contributed by atoms with E-state index in [-0.39, 0.29) is 5.91 Å². The van der Waals surface area contributed by atoms with Gasteiger partial charge in [0.1, 0.15) is 0 Å². The summed E-state index contributed by atoms with van der Waals surface area (Å²) in [6.07, 6.45) is 2.26. The molecule has 1 aliphatic heterocycles. The van der Waals surface area contributed by atoms with Gasteiger partial charge < -0.3 is 20.7 Å². The Morgan fingerprint density at radius 3 is 2.68 bits per heavy atom. The Bertz CT molecular complexity index is 454. The molecule has 0 saturated carbocycles. The summed E-state index contributed by atoms with van der Waals surface area (Å²) in [6, 6.07) is 5.42. The standard InChI is InChI=1S/C14H21N3O2/c1-16-14(18)12-4-3-10(15)9-13(12)17-7-5-11(19-2)6-8-17/h3-4,9,11H,5-8,15H2,1-2H3,(H,16,18). The van der Waals surface area contributed by atoms with E-state index in [9.17, 15) is 4.79 Å². The van der Waals surface area contributed by atoms with Crippen LogP contribution in [0.15, 0.2) is 18.2 Å². The number of hydrogen-bond acceptors (Lipinski definition) is 4. The first-order valence-corrected chi connectivity index (χ1v) is 6.55. The Morgan fingerprint density at radius 2 is 2.11 bits per heavy atom. The molecule has 104 valence electrons. The lowest BCUT2D eigenvalue weighted by molar-refractivity contribution is 0.0818. The molecule has 2 rings (SSSR count). The van der Waals surface area contributed by atoms with E-state index in [1.807, 2.05) is 6.07 Å². The third kappa shape index (κ3) is 2.98. The van der Waals surface area contributed by atoms with Crippen molar-refractivity contribution in [2.45, 2.75) is 18.9 Å². The monoisotopic (exact) mass is 263 g/mol. The minimum Gasteiger partial charge on any atom is -0.399 e. The topological polar surface area (TPSA) is 67.6 Å². The number of carbonyl (C=O) groups is 1. The summed E-state index contributed by atoms with van der Waals surface area (Å²) in [5.41, 5.74) is 8.11. The molecular weight excluding hydrogens is 242 g/mol. The first-order chi connectivity index (χ1) is 9.15. The van der Waals surface area contributed by atoms with Crippen LogP contribution in [-0.2, 0) is 4.74 Å². The van der Waals surface area contributed by atoms with Crippen LogP contribution < -0.4 is 16.0 Å². The van der Waals surface area contributed by atoms with Crippen molar-refractivity contribution in [1.82, 2.24) is 5.32 Å². The number of benzene rings is 1. The van der Waals surface area contributed by atoms with E-state index in [1.165, 1.54) is 0 Å². The fourth-order valence-corrected chi connectivity index (χ4v) is 2.47. The van der Waals surface area contributed by atoms with Gasteiger partial charge in [0.05, 0.1) is 17.4 Å². The zero-order valence-corrected chi connectivity index (χ0v) is 11.5. The van der Waals surface area contributed by atoms with E-state index in [0.717, 1.165) is 31.6 Å². The van der Waals surface area contributed by atoms with Crippen LogP contribution >= 0.6 is 0 Å². The molecule has 5 nitrogen and oxygen atoms in total. The van der Waals surface area contributed by atoms with Crippen molar-refractivity contribution < 1.29 is 9.53 Å². The van der Waals surface area contributed by atoms with Crippen molar-refractivity contribution in [2.24, 2.45) is 0 Å².